The fraction of sp³-hybridized carbons (Fsp3) is 0.167. The van der Waals surface area contributed by atoms with E-state index in [1.54, 1.807) is 10.9 Å². The maximum atomic E-state index is 13.3. The fourth-order valence-electron chi connectivity index (χ4n) is 3.48. The van der Waals surface area contributed by atoms with Crippen LogP contribution in [0.15, 0.2) is 73.2 Å². The lowest BCUT2D eigenvalue weighted by Gasteiger charge is -2.14. The van der Waals surface area contributed by atoms with Crippen molar-refractivity contribution in [3.63, 3.8) is 0 Å². The Morgan fingerprint density at radius 1 is 1.00 bits per heavy atom. The minimum Gasteiger partial charge on any atom is -0.321 e. The van der Waals surface area contributed by atoms with E-state index in [0.29, 0.717) is 11.4 Å². The Morgan fingerprint density at radius 2 is 1.72 bits per heavy atom. The predicted molar refractivity (Wildman–Crippen MR) is 116 cm³/mol. The number of hydrogen-bond acceptors (Lipinski definition) is 2. The zero-order valence-electron chi connectivity index (χ0n) is 16.9. The number of aromatic nitrogens is 3. The Morgan fingerprint density at radius 3 is 2.41 bits per heavy atom. The highest BCUT2D eigenvalue weighted by atomic mass is 16.1. The summed E-state index contributed by atoms with van der Waals surface area (Å²) in [7, 11) is 0. The quantitative estimate of drug-likeness (QED) is 0.521. The molecule has 0 atom stereocenters. The minimum atomic E-state index is -0.170. The van der Waals surface area contributed by atoms with E-state index in [1.165, 1.54) is 5.56 Å². The van der Waals surface area contributed by atoms with Gasteiger partial charge in [0.2, 0.25) is 0 Å². The summed E-state index contributed by atoms with van der Waals surface area (Å²) in [5.74, 6) is 0.541. The molecule has 1 amide bonds. The number of rotatable bonds is 5. The fourth-order valence-corrected chi connectivity index (χ4v) is 3.48. The molecule has 0 radical (unpaired) electrons. The molecule has 4 aromatic rings. The second kappa shape index (κ2) is 7.80. The molecule has 0 unspecified atom stereocenters. The van der Waals surface area contributed by atoms with Gasteiger partial charge >= 0.3 is 0 Å². The molecule has 1 N–H and O–H groups in total. The zero-order valence-corrected chi connectivity index (χ0v) is 16.9. The van der Waals surface area contributed by atoms with Crippen molar-refractivity contribution in [2.24, 2.45) is 0 Å². The third kappa shape index (κ3) is 3.59. The first-order chi connectivity index (χ1) is 14.1. The topological polar surface area (TPSA) is 51.9 Å². The Labute approximate surface area is 170 Å². The lowest BCUT2D eigenvalue weighted by molar-refractivity contribution is 0.102. The number of nitrogens with zero attached hydrogens (tertiary/aromatic N) is 3. The second-order valence-corrected chi connectivity index (χ2v) is 7.14. The molecule has 146 valence electrons. The van der Waals surface area contributed by atoms with Crippen LogP contribution in [0.4, 0.5) is 5.69 Å². The molecule has 5 heteroatoms. The number of benzene rings is 2. The van der Waals surface area contributed by atoms with Gasteiger partial charge in [0.05, 0.1) is 11.9 Å². The van der Waals surface area contributed by atoms with Gasteiger partial charge in [-0.15, -0.1) is 0 Å². The van der Waals surface area contributed by atoms with Crippen LogP contribution in [-0.2, 0) is 6.42 Å². The lowest BCUT2D eigenvalue weighted by Crippen LogP contribution is -2.17. The van der Waals surface area contributed by atoms with E-state index < -0.39 is 0 Å². The number of nitrogens with one attached hydrogen (secondary N) is 1. The number of carbonyl (C=O) groups is 1. The minimum absolute atomic E-state index is 0.170. The number of carbonyl (C=O) groups excluding carboxylic acids is 1. The average molecular weight is 384 g/mol. The van der Waals surface area contributed by atoms with Crippen molar-refractivity contribution in [1.29, 1.82) is 0 Å². The van der Waals surface area contributed by atoms with Crippen LogP contribution in [0.1, 0.15) is 34.0 Å². The number of amides is 1. The van der Waals surface area contributed by atoms with Crippen molar-refractivity contribution in [2.75, 3.05) is 5.32 Å². The summed E-state index contributed by atoms with van der Waals surface area (Å²) in [4.78, 5) is 13.3. The summed E-state index contributed by atoms with van der Waals surface area (Å²) >= 11 is 0. The van der Waals surface area contributed by atoms with Gasteiger partial charge < -0.3 is 9.88 Å². The van der Waals surface area contributed by atoms with E-state index in [2.05, 4.69) is 17.3 Å². The summed E-state index contributed by atoms with van der Waals surface area (Å²) in [6.07, 6.45) is 6.33. The molecular formula is C24H24N4O. The summed E-state index contributed by atoms with van der Waals surface area (Å²) in [5.41, 5.74) is 5.64. The number of hydrogen-bond donors (Lipinski definition) is 1. The summed E-state index contributed by atoms with van der Waals surface area (Å²) in [5, 5.41) is 7.65. The van der Waals surface area contributed by atoms with Crippen LogP contribution < -0.4 is 5.32 Å². The van der Waals surface area contributed by atoms with E-state index in [9.17, 15) is 4.79 Å². The first-order valence-corrected chi connectivity index (χ1v) is 9.76. The Bertz CT molecular complexity index is 1140. The van der Waals surface area contributed by atoms with E-state index in [-0.39, 0.29) is 5.91 Å². The van der Waals surface area contributed by atoms with E-state index >= 15 is 0 Å². The molecule has 0 spiro atoms. The SMILES string of the molecule is CCc1cccc(C)c1NC(=O)c1cnn(-c2ccc(C)cc2)c1-n1cccc1. The molecule has 0 aliphatic heterocycles. The standard InChI is InChI=1S/C24H24N4O/c1-4-19-9-7-8-18(3)22(19)26-23(29)21-16-25-28(20-12-10-17(2)11-13-20)24(21)27-14-5-6-15-27/h5-16H,4H2,1-3H3,(H,26,29). The van der Waals surface area contributed by atoms with Crippen molar-refractivity contribution in [2.45, 2.75) is 27.2 Å². The average Bonchev–Trinajstić information content (AvgIpc) is 3.39. The number of aryl methyl sites for hydroxylation is 3. The smallest absolute Gasteiger partial charge is 0.261 e. The highest BCUT2D eigenvalue weighted by molar-refractivity contribution is 6.07. The third-order valence-corrected chi connectivity index (χ3v) is 5.09. The van der Waals surface area contributed by atoms with Crippen molar-refractivity contribution in [1.82, 2.24) is 14.3 Å². The highest BCUT2D eigenvalue weighted by Crippen LogP contribution is 2.25. The maximum Gasteiger partial charge on any atom is 0.261 e. The molecular weight excluding hydrogens is 360 g/mol. The Hall–Kier alpha value is -3.60. The van der Waals surface area contributed by atoms with E-state index in [1.807, 2.05) is 85.4 Å². The highest BCUT2D eigenvalue weighted by Gasteiger charge is 2.21. The van der Waals surface area contributed by atoms with E-state index in [4.69, 9.17) is 0 Å². The van der Waals surface area contributed by atoms with Crippen molar-refractivity contribution in [3.05, 3.63) is 95.4 Å². The first-order valence-electron chi connectivity index (χ1n) is 9.76. The molecule has 0 saturated carbocycles. The monoisotopic (exact) mass is 384 g/mol. The summed E-state index contributed by atoms with van der Waals surface area (Å²) in [6.45, 7) is 6.15. The van der Waals surface area contributed by atoms with Crippen LogP contribution in [0.2, 0.25) is 0 Å². The van der Waals surface area contributed by atoms with Crippen molar-refractivity contribution < 1.29 is 4.79 Å². The van der Waals surface area contributed by atoms with Crippen molar-refractivity contribution >= 4 is 11.6 Å². The van der Waals surface area contributed by atoms with Gasteiger partial charge in [-0.3, -0.25) is 4.79 Å². The first kappa shape index (κ1) is 18.7. The molecule has 2 aromatic carbocycles. The predicted octanol–water partition coefficient (Wildman–Crippen LogP) is 5.09. The Kier molecular flexibility index (Phi) is 5.04. The number of para-hydroxylation sites is 1. The van der Waals surface area contributed by atoms with Gasteiger partial charge in [0.25, 0.3) is 5.91 Å². The molecule has 0 aliphatic rings. The van der Waals surface area contributed by atoms with Gasteiger partial charge in [-0.25, -0.2) is 4.68 Å². The van der Waals surface area contributed by atoms with Gasteiger partial charge in [-0.05, 0) is 55.7 Å². The number of anilines is 1. The lowest BCUT2D eigenvalue weighted by atomic mass is 10.1. The van der Waals surface area contributed by atoms with Crippen LogP contribution in [0.25, 0.3) is 11.5 Å². The normalized spacial score (nSPS) is 10.9. The summed E-state index contributed by atoms with van der Waals surface area (Å²) in [6, 6.07) is 18.0. The molecule has 29 heavy (non-hydrogen) atoms. The molecule has 4 rings (SSSR count). The molecule has 0 saturated heterocycles. The van der Waals surface area contributed by atoms with Crippen LogP contribution in [0, 0.1) is 13.8 Å². The van der Waals surface area contributed by atoms with Crippen LogP contribution in [-0.4, -0.2) is 20.3 Å². The molecule has 2 heterocycles. The third-order valence-electron chi connectivity index (χ3n) is 5.09. The van der Waals surface area contributed by atoms with Crippen LogP contribution >= 0.6 is 0 Å². The summed E-state index contributed by atoms with van der Waals surface area (Å²) < 4.78 is 3.72. The van der Waals surface area contributed by atoms with Gasteiger partial charge in [-0.2, -0.15) is 5.10 Å². The largest absolute Gasteiger partial charge is 0.321 e. The van der Waals surface area contributed by atoms with Gasteiger partial charge in [0.15, 0.2) is 5.82 Å². The molecule has 2 aromatic heterocycles. The molecule has 0 fully saturated rings. The Balaban J connectivity index is 1.78. The van der Waals surface area contributed by atoms with Crippen molar-refractivity contribution in [3.8, 4) is 11.5 Å². The second-order valence-electron chi connectivity index (χ2n) is 7.14. The zero-order chi connectivity index (χ0) is 20.4. The van der Waals surface area contributed by atoms with Crippen LogP contribution in [0.3, 0.4) is 0 Å². The molecule has 0 aliphatic carbocycles. The van der Waals surface area contributed by atoms with Gasteiger partial charge in [-0.1, -0.05) is 42.8 Å². The molecule has 5 nitrogen and oxygen atoms in total. The van der Waals surface area contributed by atoms with Gasteiger partial charge in [0.1, 0.15) is 5.56 Å². The van der Waals surface area contributed by atoms with Gasteiger partial charge in [0, 0.05) is 18.1 Å². The maximum absolute atomic E-state index is 13.3. The van der Waals surface area contributed by atoms with E-state index in [0.717, 1.165) is 28.9 Å². The van der Waals surface area contributed by atoms with Crippen LogP contribution in [0.5, 0.6) is 0 Å². The molecule has 0 bridgehead atoms.